The van der Waals surface area contributed by atoms with Crippen molar-refractivity contribution in [2.45, 2.75) is 86.3 Å². The van der Waals surface area contributed by atoms with E-state index >= 15 is 0 Å². The van der Waals surface area contributed by atoms with Crippen LogP contribution in [0.15, 0.2) is 138 Å². The molecule has 0 atom stereocenters. The molecule has 0 unspecified atom stereocenters. The zero-order valence-corrected chi connectivity index (χ0v) is 41.6. The van der Waals surface area contributed by atoms with Crippen LogP contribution in [-0.4, -0.2) is 22.6 Å². The zero-order valence-electron chi connectivity index (χ0n) is 41.2. The van der Waals surface area contributed by atoms with Crippen LogP contribution in [0.2, 0.25) is 19.6 Å². The molecular formula is C58H57IrN3OSi-2. The Bertz CT molecular complexity index is 3390. The molecule has 10 aromatic rings. The summed E-state index contributed by atoms with van der Waals surface area (Å²) in [7, 11) is -1.45. The van der Waals surface area contributed by atoms with Crippen molar-refractivity contribution in [3.8, 4) is 28.3 Å². The number of benzene rings is 7. The summed E-state index contributed by atoms with van der Waals surface area (Å²) in [6.07, 6.45) is 3.05. The quantitative estimate of drug-likeness (QED) is 0.0865. The van der Waals surface area contributed by atoms with Gasteiger partial charge in [-0.25, -0.2) is 0 Å². The van der Waals surface area contributed by atoms with Crippen LogP contribution < -0.4 is 5.19 Å². The van der Waals surface area contributed by atoms with E-state index in [0.29, 0.717) is 23.3 Å². The van der Waals surface area contributed by atoms with Gasteiger partial charge in [-0.2, -0.15) is 0 Å². The van der Waals surface area contributed by atoms with Crippen molar-refractivity contribution in [3.63, 3.8) is 0 Å². The Morgan fingerprint density at radius 1 is 0.688 bits per heavy atom. The number of furan rings is 1. The van der Waals surface area contributed by atoms with E-state index in [4.69, 9.17) is 13.5 Å². The topological polar surface area (TPSA) is 43.9 Å². The first-order valence-corrected chi connectivity index (χ1v) is 25.8. The maximum Gasteiger partial charge on any atom is 0.121 e. The fraction of sp³-hybridized carbons (Fsp3) is 0.241. The Kier molecular flexibility index (Phi) is 11.6. The van der Waals surface area contributed by atoms with Gasteiger partial charge in [0.25, 0.3) is 0 Å². The summed E-state index contributed by atoms with van der Waals surface area (Å²) < 4.78 is 31.1. The number of imidazole rings is 1. The Morgan fingerprint density at radius 3 is 2.11 bits per heavy atom. The second-order valence-electron chi connectivity index (χ2n) is 19.0. The molecule has 0 aliphatic heterocycles. The molecule has 6 heteroatoms. The smallest absolute Gasteiger partial charge is 0.121 e. The van der Waals surface area contributed by atoms with Crippen LogP contribution in [-0.2, 0) is 26.5 Å². The van der Waals surface area contributed by atoms with E-state index in [9.17, 15) is 0 Å². The number of aryl methyl sites for hydroxylation is 1. The second kappa shape index (κ2) is 18.1. The summed E-state index contributed by atoms with van der Waals surface area (Å²) in [5, 5.41) is 8.54. The van der Waals surface area contributed by atoms with E-state index in [0.717, 1.165) is 62.0 Å². The third-order valence-electron chi connectivity index (χ3n) is 12.2. The Balaban J connectivity index is 0.000000209. The normalized spacial score (nSPS) is 12.8. The van der Waals surface area contributed by atoms with Crippen molar-refractivity contribution in [1.82, 2.24) is 14.5 Å². The van der Waals surface area contributed by atoms with Gasteiger partial charge in [-0.1, -0.05) is 158 Å². The van der Waals surface area contributed by atoms with Gasteiger partial charge in [0.05, 0.1) is 30.5 Å². The van der Waals surface area contributed by atoms with Crippen molar-refractivity contribution >= 4 is 67.8 Å². The number of nitrogens with zero attached hydrogens (tertiary/aromatic N) is 3. The van der Waals surface area contributed by atoms with Crippen molar-refractivity contribution in [1.29, 1.82) is 0 Å². The van der Waals surface area contributed by atoms with Crippen LogP contribution in [0.4, 0.5) is 0 Å². The van der Waals surface area contributed by atoms with Gasteiger partial charge in [-0.05, 0) is 85.9 Å². The summed E-state index contributed by atoms with van der Waals surface area (Å²) in [6.45, 7) is 18.5. The van der Waals surface area contributed by atoms with Gasteiger partial charge in [0.15, 0.2) is 0 Å². The van der Waals surface area contributed by atoms with E-state index in [1.54, 1.807) is 18.2 Å². The molecule has 0 saturated carbocycles. The van der Waals surface area contributed by atoms with Gasteiger partial charge in [0.2, 0.25) is 0 Å². The van der Waals surface area contributed by atoms with Crippen LogP contribution in [0.25, 0.3) is 82.8 Å². The number of pyridine rings is 1. The van der Waals surface area contributed by atoms with Gasteiger partial charge < -0.3 is 14.0 Å². The molecule has 10 rings (SSSR count). The summed E-state index contributed by atoms with van der Waals surface area (Å²) in [5.41, 5.74) is 12.0. The van der Waals surface area contributed by atoms with Crippen molar-refractivity contribution in [3.05, 3.63) is 168 Å². The molecule has 0 N–H and O–H groups in total. The third kappa shape index (κ3) is 8.52. The Morgan fingerprint density at radius 2 is 1.41 bits per heavy atom. The SMILES string of the molecule is CC(C)c1cccc(C(C)C)c1-n1c(-c2[c-]cc3oc4ccc5c6ccccc6ccc5c4c3c2)nc2ccccc21.[2H]C([2H])([2H])c1c[c-]c(-c2cc(CC(C)C)c([Si](C)(C)C)cn2)cc1.[Ir]. The van der Waals surface area contributed by atoms with Gasteiger partial charge in [-0.15, -0.1) is 59.2 Å². The predicted octanol–water partition coefficient (Wildman–Crippen LogP) is 15.5. The number of aromatic nitrogens is 3. The standard InChI is InChI=1S/C39H31N2O.C19H26NSi.Ir/c1-23(2)27-12-9-13-28(24(3)4)38(27)41-34-15-8-7-14-33(34)40-39(41)26-17-20-35-32(22-26)37-31-18-16-25-10-5-6-11-29(25)30(31)19-21-36(37)42-35;1-14(2)11-17-12-18(16-9-7-15(3)8-10-16)20-13-19(17)21(4,5)6;/h5-16,18-24H,1-4H3;7-9,12-14H,11H2,1-6H3;/q2*-1;/i;3D3;. The number of rotatable bonds is 8. The molecule has 0 saturated heterocycles. The minimum Gasteiger partial charge on any atom is -0.500 e. The van der Waals surface area contributed by atoms with Gasteiger partial charge in [0, 0.05) is 41.5 Å². The van der Waals surface area contributed by atoms with Crippen LogP contribution in [0, 0.1) is 24.9 Å². The van der Waals surface area contributed by atoms with E-state index in [1.165, 1.54) is 49.1 Å². The monoisotopic (exact) mass is 1040 g/mol. The van der Waals surface area contributed by atoms with E-state index in [2.05, 4.69) is 186 Å². The summed E-state index contributed by atoms with van der Waals surface area (Å²) in [6, 6.07) is 50.5. The van der Waals surface area contributed by atoms with E-state index in [-0.39, 0.29) is 20.1 Å². The zero-order chi connectivity index (χ0) is 46.7. The number of fused-ring (bicyclic) bond motifs is 8. The van der Waals surface area contributed by atoms with Crippen LogP contribution in [0.3, 0.4) is 0 Å². The average Bonchev–Trinajstić information content (AvgIpc) is 3.86. The van der Waals surface area contributed by atoms with Gasteiger partial charge in [-0.3, -0.25) is 4.98 Å². The van der Waals surface area contributed by atoms with Crippen molar-refractivity contribution in [2.75, 3.05) is 0 Å². The maximum absolute atomic E-state index is 7.46. The van der Waals surface area contributed by atoms with Crippen LogP contribution in [0.5, 0.6) is 0 Å². The molecule has 3 heterocycles. The molecule has 0 spiro atoms. The molecule has 0 aliphatic carbocycles. The maximum atomic E-state index is 7.46. The largest absolute Gasteiger partial charge is 0.500 e. The second-order valence-corrected chi connectivity index (χ2v) is 24.0. The fourth-order valence-corrected chi connectivity index (χ4v) is 10.7. The van der Waals surface area contributed by atoms with E-state index < -0.39 is 14.9 Å². The molecule has 64 heavy (non-hydrogen) atoms. The summed E-state index contributed by atoms with van der Waals surface area (Å²) >= 11 is 0. The average molecular weight is 1040 g/mol. The van der Waals surface area contributed by atoms with Crippen molar-refractivity contribution < 1.29 is 28.6 Å². The van der Waals surface area contributed by atoms with E-state index in [1.807, 2.05) is 12.3 Å². The van der Waals surface area contributed by atoms with Crippen LogP contribution >= 0.6 is 0 Å². The van der Waals surface area contributed by atoms with Gasteiger partial charge in [0.1, 0.15) is 5.58 Å². The Labute approximate surface area is 397 Å². The molecule has 4 nitrogen and oxygen atoms in total. The molecule has 7 aromatic carbocycles. The number of hydrogen-bond acceptors (Lipinski definition) is 3. The van der Waals surface area contributed by atoms with Crippen molar-refractivity contribution in [2.24, 2.45) is 5.92 Å². The number of para-hydroxylation sites is 3. The molecular weight excluding hydrogens is 975 g/mol. The summed E-state index contributed by atoms with van der Waals surface area (Å²) in [4.78, 5) is 9.87. The Hall–Kier alpha value is -5.65. The fourth-order valence-electron chi connectivity index (χ4n) is 9.15. The third-order valence-corrected chi connectivity index (χ3v) is 14.2. The molecule has 1 radical (unpaired) electrons. The molecule has 0 amide bonds. The first kappa shape index (κ1) is 41.1. The number of hydrogen-bond donors (Lipinski definition) is 0. The minimum absolute atomic E-state index is 0. The molecule has 0 bridgehead atoms. The molecule has 0 aliphatic rings. The minimum atomic E-state index is -2.09. The first-order valence-electron chi connectivity index (χ1n) is 23.8. The first-order chi connectivity index (χ1) is 31.5. The molecule has 0 fully saturated rings. The molecule has 3 aromatic heterocycles. The van der Waals surface area contributed by atoms with Gasteiger partial charge >= 0.3 is 0 Å². The predicted molar refractivity (Wildman–Crippen MR) is 271 cm³/mol. The molecule has 325 valence electrons. The summed E-state index contributed by atoms with van der Waals surface area (Å²) in [5.74, 6) is 2.20. The van der Waals surface area contributed by atoms with Crippen LogP contribution in [0.1, 0.15) is 79.7 Å².